The van der Waals surface area contributed by atoms with E-state index in [2.05, 4.69) is 59.8 Å². The predicted molar refractivity (Wildman–Crippen MR) is 77.5 cm³/mol. The van der Waals surface area contributed by atoms with Gasteiger partial charge in [0.1, 0.15) is 0 Å². The molecule has 1 atom stereocenters. The first-order chi connectivity index (χ1) is 7.13. The highest BCUT2D eigenvalue weighted by molar-refractivity contribution is 14.1. The summed E-state index contributed by atoms with van der Waals surface area (Å²) in [4.78, 5) is 0. The fraction of sp³-hybridized carbons (Fsp3) is 0.500. The van der Waals surface area contributed by atoms with Crippen LogP contribution in [0, 0.1) is 2.88 Å². The van der Waals surface area contributed by atoms with Gasteiger partial charge in [0.2, 0.25) is 0 Å². The minimum atomic E-state index is 0.492. The van der Waals surface area contributed by atoms with Crippen molar-refractivity contribution in [1.29, 1.82) is 0 Å². The molecule has 0 saturated heterocycles. The van der Waals surface area contributed by atoms with Crippen molar-refractivity contribution >= 4 is 33.9 Å². The van der Waals surface area contributed by atoms with Crippen LogP contribution in [0.3, 0.4) is 0 Å². The molecule has 1 aromatic rings. The van der Waals surface area contributed by atoms with Gasteiger partial charge in [-0.15, -0.1) is 17.9 Å². The van der Waals surface area contributed by atoms with Crippen LogP contribution in [0.5, 0.6) is 0 Å². The Labute approximate surface area is 110 Å². The lowest BCUT2D eigenvalue weighted by molar-refractivity contribution is 0.516. The molecule has 1 N–H and O–H groups in total. The smallest absolute Gasteiger partial charge is 0.0656 e. The third-order valence-corrected chi connectivity index (χ3v) is 4.11. The van der Waals surface area contributed by atoms with E-state index in [1.165, 1.54) is 14.0 Å². The summed E-state index contributed by atoms with van der Waals surface area (Å²) in [5.74, 6) is 0. The largest absolute Gasteiger partial charge is 0.310 e. The number of allylic oxidation sites excluding steroid dienone is 1. The summed E-state index contributed by atoms with van der Waals surface area (Å²) in [5.41, 5.74) is 2.69. The second-order valence-electron chi connectivity index (χ2n) is 3.79. The first-order valence-corrected chi connectivity index (χ1v) is 7.21. The normalized spacial score (nSPS) is 12.7. The molecule has 3 heteroatoms. The zero-order valence-corrected chi connectivity index (χ0v) is 12.3. The Bertz CT molecular complexity index is 319. The lowest BCUT2D eigenvalue weighted by atomic mass is 10.0. The van der Waals surface area contributed by atoms with Crippen LogP contribution in [-0.2, 0) is 0 Å². The fourth-order valence-electron chi connectivity index (χ4n) is 1.53. The van der Waals surface area contributed by atoms with Crippen molar-refractivity contribution in [2.24, 2.45) is 0 Å². The standard InChI is InChI=1S/C12H18INS/c1-4-14-11(6-5-9(2)3)10-7-12(13)15-8-10/h7-8,11,14H,2,4-6H2,1,3H3. The van der Waals surface area contributed by atoms with Crippen molar-refractivity contribution in [3.63, 3.8) is 0 Å². The van der Waals surface area contributed by atoms with E-state index in [4.69, 9.17) is 0 Å². The quantitative estimate of drug-likeness (QED) is 0.602. The van der Waals surface area contributed by atoms with Gasteiger partial charge >= 0.3 is 0 Å². The van der Waals surface area contributed by atoms with E-state index in [9.17, 15) is 0 Å². The minimum absolute atomic E-state index is 0.492. The Hall–Kier alpha value is 0.130. The average Bonchev–Trinajstić information content (AvgIpc) is 2.59. The molecular weight excluding hydrogens is 317 g/mol. The monoisotopic (exact) mass is 335 g/mol. The summed E-state index contributed by atoms with van der Waals surface area (Å²) in [7, 11) is 0. The van der Waals surface area contributed by atoms with Gasteiger partial charge in [0, 0.05) is 6.04 Å². The van der Waals surface area contributed by atoms with E-state index in [1.807, 2.05) is 11.3 Å². The van der Waals surface area contributed by atoms with E-state index < -0.39 is 0 Å². The van der Waals surface area contributed by atoms with Crippen LogP contribution in [0.25, 0.3) is 0 Å². The molecule has 0 amide bonds. The second-order valence-corrected chi connectivity index (χ2v) is 6.60. The highest BCUT2D eigenvalue weighted by Gasteiger charge is 2.11. The zero-order chi connectivity index (χ0) is 11.3. The highest BCUT2D eigenvalue weighted by atomic mass is 127. The maximum atomic E-state index is 3.96. The number of thiophene rings is 1. The molecule has 0 fully saturated rings. The molecule has 0 aliphatic carbocycles. The van der Waals surface area contributed by atoms with Crippen LogP contribution in [0.2, 0.25) is 0 Å². The maximum absolute atomic E-state index is 3.96. The molecule has 0 bridgehead atoms. The van der Waals surface area contributed by atoms with Crippen molar-refractivity contribution in [2.75, 3.05) is 6.54 Å². The van der Waals surface area contributed by atoms with Crippen molar-refractivity contribution in [2.45, 2.75) is 32.7 Å². The van der Waals surface area contributed by atoms with Crippen LogP contribution >= 0.6 is 33.9 Å². The summed E-state index contributed by atoms with van der Waals surface area (Å²) >= 11 is 4.19. The molecule has 1 heterocycles. The van der Waals surface area contributed by atoms with Crippen molar-refractivity contribution in [3.05, 3.63) is 32.0 Å². The molecule has 0 aliphatic heterocycles. The van der Waals surface area contributed by atoms with Crippen LogP contribution in [0.4, 0.5) is 0 Å². The van der Waals surface area contributed by atoms with Gasteiger partial charge < -0.3 is 5.32 Å². The van der Waals surface area contributed by atoms with Crippen molar-refractivity contribution in [1.82, 2.24) is 5.32 Å². The number of hydrogen-bond acceptors (Lipinski definition) is 2. The molecule has 0 aromatic carbocycles. The lowest BCUT2D eigenvalue weighted by Crippen LogP contribution is -2.20. The molecule has 0 saturated carbocycles. The number of rotatable bonds is 6. The summed E-state index contributed by atoms with van der Waals surface area (Å²) < 4.78 is 1.36. The SMILES string of the molecule is C=C(C)CCC(NCC)c1csc(I)c1. The molecule has 0 spiro atoms. The van der Waals surface area contributed by atoms with Gasteiger partial charge in [-0.25, -0.2) is 0 Å². The molecule has 0 radical (unpaired) electrons. The molecule has 1 unspecified atom stereocenters. The summed E-state index contributed by atoms with van der Waals surface area (Å²) in [5, 5.41) is 5.79. The van der Waals surface area contributed by atoms with Crippen LogP contribution < -0.4 is 5.32 Å². The van der Waals surface area contributed by atoms with Gasteiger partial charge in [-0.1, -0.05) is 12.5 Å². The van der Waals surface area contributed by atoms with Gasteiger partial charge in [0.25, 0.3) is 0 Å². The van der Waals surface area contributed by atoms with Gasteiger partial charge in [0.05, 0.1) is 2.88 Å². The van der Waals surface area contributed by atoms with Gasteiger partial charge in [-0.05, 0) is 65.9 Å². The summed E-state index contributed by atoms with van der Waals surface area (Å²) in [6.45, 7) is 9.24. The second kappa shape index (κ2) is 6.66. The molecule has 84 valence electrons. The van der Waals surface area contributed by atoms with E-state index >= 15 is 0 Å². The number of nitrogens with one attached hydrogen (secondary N) is 1. The van der Waals surface area contributed by atoms with Gasteiger partial charge in [-0.3, -0.25) is 0 Å². The topological polar surface area (TPSA) is 12.0 Å². The van der Waals surface area contributed by atoms with Crippen molar-refractivity contribution < 1.29 is 0 Å². The van der Waals surface area contributed by atoms with Crippen LogP contribution in [0.1, 0.15) is 38.3 Å². The summed E-state index contributed by atoms with van der Waals surface area (Å²) in [6, 6.07) is 2.77. The third kappa shape index (κ3) is 4.66. The zero-order valence-electron chi connectivity index (χ0n) is 9.35. The Morgan fingerprint density at radius 3 is 2.87 bits per heavy atom. The molecule has 1 aromatic heterocycles. The average molecular weight is 335 g/mol. The molecule has 1 nitrogen and oxygen atoms in total. The Balaban J connectivity index is 2.60. The van der Waals surface area contributed by atoms with E-state index in [0.29, 0.717) is 6.04 Å². The Morgan fingerprint density at radius 2 is 2.40 bits per heavy atom. The molecule has 15 heavy (non-hydrogen) atoms. The number of halogens is 1. The Morgan fingerprint density at radius 1 is 1.67 bits per heavy atom. The minimum Gasteiger partial charge on any atom is -0.310 e. The maximum Gasteiger partial charge on any atom is 0.0656 e. The molecule has 0 aliphatic rings. The fourth-order valence-corrected chi connectivity index (χ4v) is 2.96. The van der Waals surface area contributed by atoms with E-state index in [0.717, 1.165) is 19.4 Å². The van der Waals surface area contributed by atoms with E-state index in [1.54, 1.807) is 0 Å². The predicted octanol–water partition coefficient (Wildman–Crippen LogP) is 4.36. The van der Waals surface area contributed by atoms with Crippen molar-refractivity contribution in [3.8, 4) is 0 Å². The third-order valence-electron chi connectivity index (χ3n) is 2.30. The van der Waals surface area contributed by atoms with Crippen LogP contribution in [0.15, 0.2) is 23.6 Å². The van der Waals surface area contributed by atoms with E-state index in [-0.39, 0.29) is 0 Å². The molecular formula is C12H18INS. The highest BCUT2D eigenvalue weighted by Crippen LogP contribution is 2.26. The van der Waals surface area contributed by atoms with Gasteiger partial charge in [0.15, 0.2) is 0 Å². The lowest BCUT2D eigenvalue weighted by Gasteiger charge is -2.16. The van der Waals surface area contributed by atoms with Crippen LogP contribution in [-0.4, -0.2) is 6.54 Å². The molecule has 1 rings (SSSR count). The number of hydrogen-bond donors (Lipinski definition) is 1. The first-order valence-electron chi connectivity index (χ1n) is 5.25. The Kier molecular flexibility index (Phi) is 5.86. The summed E-state index contributed by atoms with van der Waals surface area (Å²) in [6.07, 6.45) is 2.25. The first kappa shape index (κ1) is 13.2. The van der Waals surface area contributed by atoms with Gasteiger partial charge in [-0.2, -0.15) is 0 Å².